The minimum absolute atomic E-state index is 0.726. The highest BCUT2D eigenvalue weighted by Crippen LogP contribution is 2.39. The molecule has 0 saturated heterocycles. The van der Waals surface area contributed by atoms with Crippen LogP contribution in [-0.2, 0) is 6.54 Å². The fourth-order valence-corrected chi connectivity index (χ4v) is 2.08. The molecule has 2 rings (SSSR count). The van der Waals surface area contributed by atoms with Gasteiger partial charge in [0.15, 0.2) is 0 Å². The standard InChI is InChI=1S/C14H26N4/c1-11(2)9-15-6-7-18(3)10-13-8-14(17-16-13)12-4-5-12/h8,11-12,15H,4-7,9-10H2,1-3H3,(H,16,17). The van der Waals surface area contributed by atoms with Crippen molar-refractivity contribution in [3.05, 3.63) is 17.5 Å². The lowest BCUT2D eigenvalue weighted by atomic mass is 10.2. The molecule has 1 aromatic rings. The lowest BCUT2D eigenvalue weighted by Crippen LogP contribution is -2.30. The van der Waals surface area contributed by atoms with Gasteiger partial charge < -0.3 is 5.32 Å². The number of rotatable bonds is 8. The summed E-state index contributed by atoms with van der Waals surface area (Å²) in [7, 11) is 2.16. The summed E-state index contributed by atoms with van der Waals surface area (Å²) in [6, 6.07) is 2.23. The lowest BCUT2D eigenvalue weighted by molar-refractivity contribution is 0.318. The van der Waals surface area contributed by atoms with E-state index in [1.54, 1.807) is 0 Å². The van der Waals surface area contributed by atoms with Gasteiger partial charge in [-0.25, -0.2) is 0 Å². The molecule has 1 saturated carbocycles. The van der Waals surface area contributed by atoms with E-state index in [4.69, 9.17) is 0 Å². The first-order valence-electron chi connectivity index (χ1n) is 7.08. The first-order valence-corrected chi connectivity index (χ1v) is 7.08. The Balaban J connectivity index is 1.64. The molecule has 18 heavy (non-hydrogen) atoms. The zero-order valence-corrected chi connectivity index (χ0v) is 11.9. The van der Waals surface area contributed by atoms with Crippen LogP contribution in [-0.4, -0.2) is 41.8 Å². The van der Waals surface area contributed by atoms with Crippen LogP contribution < -0.4 is 5.32 Å². The fraction of sp³-hybridized carbons (Fsp3) is 0.786. The molecule has 0 radical (unpaired) electrons. The van der Waals surface area contributed by atoms with Crippen LogP contribution in [0.2, 0.25) is 0 Å². The minimum Gasteiger partial charge on any atom is -0.315 e. The second-order valence-electron chi connectivity index (χ2n) is 5.93. The molecule has 0 amide bonds. The first kappa shape index (κ1) is 13.6. The topological polar surface area (TPSA) is 44.0 Å². The van der Waals surface area contributed by atoms with Crippen LogP contribution in [0.25, 0.3) is 0 Å². The molecule has 1 aliphatic rings. The van der Waals surface area contributed by atoms with E-state index in [0.717, 1.165) is 38.0 Å². The van der Waals surface area contributed by atoms with Crippen LogP contribution in [0.15, 0.2) is 6.07 Å². The van der Waals surface area contributed by atoms with Crippen molar-refractivity contribution in [1.82, 2.24) is 20.4 Å². The highest BCUT2D eigenvalue weighted by atomic mass is 15.2. The molecular weight excluding hydrogens is 224 g/mol. The number of hydrogen-bond acceptors (Lipinski definition) is 3. The molecule has 0 bridgehead atoms. The number of aromatic amines is 1. The van der Waals surface area contributed by atoms with Gasteiger partial charge >= 0.3 is 0 Å². The normalized spacial score (nSPS) is 15.8. The van der Waals surface area contributed by atoms with Crippen LogP contribution in [0.4, 0.5) is 0 Å². The number of nitrogens with one attached hydrogen (secondary N) is 2. The molecule has 1 aliphatic carbocycles. The molecule has 0 aliphatic heterocycles. The van der Waals surface area contributed by atoms with Crippen LogP contribution in [0.5, 0.6) is 0 Å². The lowest BCUT2D eigenvalue weighted by Gasteiger charge is -2.16. The molecule has 2 N–H and O–H groups in total. The molecule has 1 fully saturated rings. The number of aromatic nitrogens is 2. The van der Waals surface area contributed by atoms with Crippen molar-refractivity contribution in [2.45, 2.75) is 39.2 Å². The maximum Gasteiger partial charge on any atom is 0.0656 e. The molecule has 0 unspecified atom stereocenters. The number of likely N-dealkylation sites (N-methyl/N-ethyl adjacent to an activating group) is 1. The fourth-order valence-electron chi connectivity index (χ4n) is 2.08. The largest absolute Gasteiger partial charge is 0.315 e. The van der Waals surface area contributed by atoms with E-state index in [1.165, 1.54) is 24.2 Å². The second kappa shape index (κ2) is 6.34. The van der Waals surface area contributed by atoms with E-state index >= 15 is 0 Å². The summed E-state index contributed by atoms with van der Waals surface area (Å²) in [6.45, 7) is 8.66. The Bertz CT molecular complexity index is 354. The summed E-state index contributed by atoms with van der Waals surface area (Å²) in [5, 5.41) is 11.0. The summed E-state index contributed by atoms with van der Waals surface area (Å²) in [4.78, 5) is 2.33. The maximum atomic E-state index is 4.38. The number of H-pyrrole nitrogens is 1. The van der Waals surface area contributed by atoms with E-state index < -0.39 is 0 Å². The van der Waals surface area contributed by atoms with Gasteiger partial charge in [-0.1, -0.05) is 13.8 Å². The second-order valence-corrected chi connectivity index (χ2v) is 5.93. The van der Waals surface area contributed by atoms with Crippen molar-refractivity contribution in [2.24, 2.45) is 5.92 Å². The number of hydrogen-bond donors (Lipinski definition) is 2. The molecule has 4 heteroatoms. The summed E-state index contributed by atoms with van der Waals surface area (Å²) in [5.74, 6) is 1.47. The van der Waals surface area contributed by atoms with Crippen molar-refractivity contribution in [3.63, 3.8) is 0 Å². The van der Waals surface area contributed by atoms with Crippen molar-refractivity contribution in [1.29, 1.82) is 0 Å². The van der Waals surface area contributed by atoms with Gasteiger partial charge in [0.1, 0.15) is 0 Å². The molecule has 4 nitrogen and oxygen atoms in total. The molecular formula is C14H26N4. The van der Waals surface area contributed by atoms with Gasteiger partial charge in [-0.15, -0.1) is 0 Å². The maximum absolute atomic E-state index is 4.38. The third-order valence-electron chi connectivity index (χ3n) is 3.31. The van der Waals surface area contributed by atoms with E-state index in [1.807, 2.05) is 0 Å². The Morgan fingerprint density at radius 1 is 1.50 bits per heavy atom. The minimum atomic E-state index is 0.726. The number of nitrogens with zero attached hydrogens (tertiary/aromatic N) is 2. The third-order valence-corrected chi connectivity index (χ3v) is 3.31. The van der Waals surface area contributed by atoms with Gasteiger partial charge in [-0.2, -0.15) is 5.10 Å². The molecule has 0 spiro atoms. The predicted molar refractivity (Wildman–Crippen MR) is 74.6 cm³/mol. The van der Waals surface area contributed by atoms with Gasteiger partial charge in [0.25, 0.3) is 0 Å². The third kappa shape index (κ3) is 4.42. The van der Waals surface area contributed by atoms with Crippen molar-refractivity contribution in [3.8, 4) is 0 Å². The molecule has 0 atom stereocenters. The van der Waals surface area contributed by atoms with E-state index in [9.17, 15) is 0 Å². The van der Waals surface area contributed by atoms with Crippen molar-refractivity contribution >= 4 is 0 Å². The van der Waals surface area contributed by atoms with Crippen LogP contribution in [0, 0.1) is 5.92 Å². The Hall–Kier alpha value is -0.870. The van der Waals surface area contributed by atoms with Gasteiger partial charge in [-0.05, 0) is 38.4 Å². The summed E-state index contributed by atoms with van der Waals surface area (Å²) in [6.07, 6.45) is 2.64. The smallest absolute Gasteiger partial charge is 0.0656 e. The van der Waals surface area contributed by atoms with Gasteiger partial charge in [0, 0.05) is 31.2 Å². The average molecular weight is 250 g/mol. The van der Waals surface area contributed by atoms with E-state index in [0.29, 0.717) is 0 Å². The predicted octanol–water partition coefficient (Wildman–Crippen LogP) is 1.96. The molecule has 102 valence electrons. The van der Waals surface area contributed by atoms with Gasteiger partial charge in [0.2, 0.25) is 0 Å². The summed E-state index contributed by atoms with van der Waals surface area (Å²) >= 11 is 0. The Morgan fingerprint density at radius 3 is 2.94 bits per heavy atom. The summed E-state index contributed by atoms with van der Waals surface area (Å²) < 4.78 is 0. The van der Waals surface area contributed by atoms with Crippen LogP contribution in [0.1, 0.15) is 44.0 Å². The Morgan fingerprint density at radius 2 is 2.28 bits per heavy atom. The van der Waals surface area contributed by atoms with E-state index in [-0.39, 0.29) is 0 Å². The molecule has 1 heterocycles. The van der Waals surface area contributed by atoms with Crippen molar-refractivity contribution < 1.29 is 0 Å². The summed E-state index contributed by atoms with van der Waals surface area (Å²) in [5.41, 5.74) is 2.50. The molecule has 1 aromatic heterocycles. The Labute approximate surface area is 110 Å². The molecule has 0 aromatic carbocycles. The SMILES string of the molecule is CC(C)CNCCN(C)Cc1cc(C2CC2)n[nH]1. The highest BCUT2D eigenvalue weighted by molar-refractivity contribution is 5.17. The van der Waals surface area contributed by atoms with Gasteiger partial charge in [-0.3, -0.25) is 10.00 Å². The Kier molecular flexibility index (Phi) is 4.78. The van der Waals surface area contributed by atoms with Crippen LogP contribution >= 0.6 is 0 Å². The van der Waals surface area contributed by atoms with Gasteiger partial charge in [0.05, 0.1) is 5.69 Å². The van der Waals surface area contributed by atoms with E-state index in [2.05, 4.69) is 47.4 Å². The zero-order chi connectivity index (χ0) is 13.0. The first-order chi connectivity index (χ1) is 8.65. The average Bonchev–Trinajstić information content (AvgIpc) is 3.06. The van der Waals surface area contributed by atoms with Crippen molar-refractivity contribution in [2.75, 3.05) is 26.7 Å². The monoisotopic (exact) mass is 250 g/mol. The highest BCUT2D eigenvalue weighted by Gasteiger charge is 2.26. The zero-order valence-electron chi connectivity index (χ0n) is 11.9. The quantitative estimate of drug-likeness (QED) is 0.693. The van der Waals surface area contributed by atoms with Crippen LogP contribution in [0.3, 0.4) is 0 Å².